The lowest BCUT2D eigenvalue weighted by molar-refractivity contribution is -0.130. The Labute approximate surface area is 157 Å². The van der Waals surface area contributed by atoms with Crippen molar-refractivity contribution in [1.29, 1.82) is 0 Å². The third-order valence-corrected chi connectivity index (χ3v) is 6.96. The van der Waals surface area contributed by atoms with Crippen molar-refractivity contribution in [3.8, 4) is 0 Å². The van der Waals surface area contributed by atoms with E-state index in [0.29, 0.717) is 11.3 Å². The second-order valence-electron chi connectivity index (χ2n) is 5.76. The molecule has 0 saturated carbocycles. The molecule has 0 unspecified atom stereocenters. The van der Waals surface area contributed by atoms with Gasteiger partial charge in [0.2, 0.25) is 9.84 Å². The average Bonchev–Trinajstić information content (AvgIpc) is 2.93. The molecule has 2 rings (SSSR count). The fraction of sp³-hybridized carbons (Fsp3) is 0.200. The van der Waals surface area contributed by atoms with Crippen LogP contribution >= 0.6 is 22.9 Å². The lowest BCUT2D eigenvalue weighted by Crippen LogP contribution is -2.36. The Morgan fingerprint density at radius 1 is 1.31 bits per heavy atom. The summed E-state index contributed by atoms with van der Waals surface area (Å²) in [6.07, 6.45) is 0. The van der Waals surface area contributed by atoms with Gasteiger partial charge in [0, 0.05) is 0 Å². The molecule has 0 bridgehead atoms. The van der Waals surface area contributed by atoms with Crippen LogP contribution < -0.4 is 11.1 Å². The molecule has 7 nitrogen and oxygen atoms in total. The monoisotopic (exact) mass is 420 g/mol. The Balaban J connectivity index is 2.57. The second kappa shape index (κ2) is 6.95. The Kier molecular flexibility index (Phi) is 5.43. The fourth-order valence-electron chi connectivity index (χ4n) is 1.82. The first-order valence-electron chi connectivity index (χ1n) is 7.01. The van der Waals surface area contributed by atoms with Gasteiger partial charge in [0.15, 0.2) is 0 Å². The van der Waals surface area contributed by atoms with Crippen LogP contribution in [-0.4, -0.2) is 30.9 Å². The molecule has 1 heterocycles. The summed E-state index contributed by atoms with van der Waals surface area (Å²) < 4.78 is 38.5. The summed E-state index contributed by atoms with van der Waals surface area (Å²) in [5.41, 5.74) is 3.18. The molecule has 4 N–H and O–H groups in total. The summed E-state index contributed by atoms with van der Waals surface area (Å²) in [5.74, 6) is -2.66. The molecule has 0 atom stereocenters. The van der Waals surface area contributed by atoms with Gasteiger partial charge in [-0.2, -0.15) is 0 Å². The quantitative estimate of drug-likeness (QED) is 0.683. The Morgan fingerprint density at radius 2 is 1.92 bits per heavy atom. The van der Waals surface area contributed by atoms with Gasteiger partial charge in [0.1, 0.15) is 20.6 Å². The van der Waals surface area contributed by atoms with E-state index in [9.17, 15) is 27.5 Å². The third kappa shape index (κ3) is 4.04. The van der Waals surface area contributed by atoms with Crippen molar-refractivity contribution in [1.82, 2.24) is 0 Å². The van der Waals surface area contributed by atoms with Crippen LogP contribution in [0.4, 0.5) is 9.39 Å². The largest absolute Gasteiger partial charge is 0.381 e. The van der Waals surface area contributed by atoms with Gasteiger partial charge in [-0.3, -0.25) is 9.59 Å². The van der Waals surface area contributed by atoms with E-state index in [1.807, 2.05) is 0 Å². The summed E-state index contributed by atoms with van der Waals surface area (Å²) in [4.78, 5) is 23.0. The summed E-state index contributed by atoms with van der Waals surface area (Å²) in [7, 11) is -4.27. The minimum atomic E-state index is -4.27. The Hall–Kier alpha value is -2.01. The van der Waals surface area contributed by atoms with Crippen molar-refractivity contribution >= 4 is 49.6 Å². The van der Waals surface area contributed by atoms with Gasteiger partial charge >= 0.3 is 0 Å². The molecule has 0 aliphatic heterocycles. The highest BCUT2D eigenvalue weighted by Crippen LogP contribution is 2.37. The lowest BCUT2D eigenvalue weighted by atomic mass is 10.1. The lowest BCUT2D eigenvalue weighted by Gasteiger charge is -2.16. The number of nitrogens with two attached hydrogens (primary N) is 1. The predicted octanol–water partition coefficient (Wildman–Crippen LogP) is 2.18. The highest BCUT2D eigenvalue weighted by Gasteiger charge is 2.30. The zero-order valence-electron chi connectivity index (χ0n) is 13.5. The number of hydrogen-bond donors (Lipinski definition) is 3. The minimum Gasteiger partial charge on any atom is -0.381 e. The number of primary amides is 1. The van der Waals surface area contributed by atoms with E-state index in [1.54, 1.807) is 0 Å². The van der Waals surface area contributed by atoms with E-state index in [1.165, 1.54) is 13.8 Å². The molecule has 2 amide bonds. The van der Waals surface area contributed by atoms with Crippen molar-refractivity contribution in [2.45, 2.75) is 28.6 Å². The number of nitrogens with one attached hydrogen (secondary N) is 1. The van der Waals surface area contributed by atoms with E-state index >= 15 is 0 Å². The van der Waals surface area contributed by atoms with Crippen LogP contribution in [0.3, 0.4) is 0 Å². The SMILES string of the molecule is CC(C)(O)C(=O)Nc1sc(S(=O)(=O)c2cc(F)ccc2Cl)cc1C(N)=O. The molecular formula is C15H14ClFN2O5S2. The number of carbonyl (C=O) groups is 2. The number of hydrogen-bond acceptors (Lipinski definition) is 6. The molecule has 11 heteroatoms. The number of anilines is 1. The van der Waals surface area contributed by atoms with Crippen LogP contribution in [0.2, 0.25) is 5.02 Å². The van der Waals surface area contributed by atoms with Gasteiger partial charge in [-0.05, 0) is 38.1 Å². The standard InChI is InChI=1S/C15H14ClFN2O5S2/c1-15(2,22)14(21)19-13-8(12(18)20)6-11(25-13)26(23,24)10-5-7(17)3-4-9(10)16/h3-6,22H,1-2H3,(H2,18,20)(H,19,21). The maximum Gasteiger partial charge on any atom is 0.256 e. The van der Waals surface area contributed by atoms with Gasteiger partial charge in [0.05, 0.1) is 15.5 Å². The molecule has 0 spiro atoms. The normalized spacial score (nSPS) is 12.0. The smallest absolute Gasteiger partial charge is 0.256 e. The zero-order chi connectivity index (χ0) is 19.9. The number of sulfone groups is 1. The highest BCUT2D eigenvalue weighted by atomic mass is 35.5. The van der Waals surface area contributed by atoms with Crippen LogP contribution in [0.15, 0.2) is 33.4 Å². The Morgan fingerprint density at radius 3 is 2.46 bits per heavy atom. The molecule has 0 aliphatic carbocycles. The van der Waals surface area contributed by atoms with Crippen LogP contribution in [0.1, 0.15) is 24.2 Å². The topological polar surface area (TPSA) is 127 Å². The molecule has 0 saturated heterocycles. The van der Waals surface area contributed by atoms with E-state index in [-0.39, 0.29) is 19.8 Å². The first kappa shape index (κ1) is 20.3. The van der Waals surface area contributed by atoms with Gasteiger partial charge in [-0.25, -0.2) is 12.8 Å². The van der Waals surface area contributed by atoms with Crippen molar-refractivity contribution in [3.05, 3.63) is 40.7 Å². The predicted molar refractivity (Wildman–Crippen MR) is 94.6 cm³/mol. The number of amides is 2. The third-order valence-electron chi connectivity index (χ3n) is 3.21. The van der Waals surface area contributed by atoms with Gasteiger partial charge in [-0.1, -0.05) is 11.6 Å². The van der Waals surface area contributed by atoms with Gasteiger partial charge in [0.25, 0.3) is 11.8 Å². The van der Waals surface area contributed by atoms with Crippen molar-refractivity contribution in [3.63, 3.8) is 0 Å². The van der Waals surface area contributed by atoms with Gasteiger partial charge < -0.3 is 16.2 Å². The Bertz CT molecular complexity index is 996. The molecular weight excluding hydrogens is 407 g/mol. The molecule has 1 aromatic carbocycles. The molecule has 140 valence electrons. The molecule has 0 aliphatic rings. The summed E-state index contributed by atoms with van der Waals surface area (Å²) in [6, 6.07) is 3.79. The van der Waals surface area contributed by atoms with E-state index < -0.39 is 38.0 Å². The number of benzene rings is 1. The zero-order valence-corrected chi connectivity index (χ0v) is 15.9. The van der Waals surface area contributed by atoms with Crippen LogP contribution in [-0.2, 0) is 14.6 Å². The van der Waals surface area contributed by atoms with Gasteiger partial charge in [-0.15, -0.1) is 11.3 Å². The molecule has 0 radical (unpaired) electrons. The summed E-state index contributed by atoms with van der Waals surface area (Å²) in [5, 5.41) is 11.6. The minimum absolute atomic E-state index is 0.157. The van der Waals surface area contributed by atoms with Crippen molar-refractivity contribution in [2.24, 2.45) is 5.73 Å². The van der Waals surface area contributed by atoms with E-state index in [0.717, 1.165) is 24.3 Å². The first-order valence-corrected chi connectivity index (χ1v) is 9.69. The van der Waals surface area contributed by atoms with Crippen LogP contribution in [0.25, 0.3) is 0 Å². The van der Waals surface area contributed by atoms with E-state index in [4.69, 9.17) is 17.3 Å². The first-order chi connectivity index (χ1) is 11.8. The van der Waals surface area contributed by atoms with Crippen LogP contribution in [0, 0.1) is 5.82 Å². The summed E-state index contributed by atoms with van der Waals surface area (Å²) >= 11 is 6.38. The number of aliphatic hydroxyl groups is 1. The van der Waals surface area contributed by atoms with E-state index in [2.05, 4.69) is 5.32 Å². The van der Waals surface area contributed by atoms with Crippen molar-refractivity contribution < 1.29 is 27.5 Å². The maximum atomic E-state index is 13.4. The average molecular weight is 421 g/mol. The number of halogens is 2. The number of carbonyl (C=O) groups excluding carboxylic acids is 2. The maximum absolute atomic E-state index is 13.4. The second-order valence-corrected chi connectivity index (χ2v) is 9.37. The van der Waals surface area contributed by atoms with Crippen molar-refractivity contribution in [2.75, 3.05) is 5.32 Å². The van der Waals surface area contributed by atoms with Crippen LogP contribution in [0.5, 0.6) is 0 Å². The molecule has 2 aromatic rings. The highest BCUT2D eigenvalue weighted by molar-refractivity contribution is 7.93. The summed E-state index contributed by atoms with van der Waals surface area (Å²) in [6.45, 7) is 2.42. The molecule has 1 aromatic heterocycles. The molecule has 26 heavy (non-hydrogen) atoms. The molecule has 0 fully saturated rings. The number of rotatable bonds is 5. The number of thiophene rings is 1. The fourth-order valence-corrected chi connectivity index (χ4v) is 5.08.